The number of fused-ring (bicyclic) bond motifs is 2. The van der Waals surface area contributed by atoms with Gasteiger partial charge >= 0.3 is 5.69 Å². The molecule has 0 bridgehead atoms. The van der Waals surface area contributed by atoms with Crippen LogP contribution in [0.3, 0.4) is 0 Å². The van der Waals surface area contributed by atoms with Gasteiger partial charge in [-0.1, -0.05) is 46.4 Å². The van der Waals surface area contributed by atoms with Crippen molar-refractivity contribution in [3.05, 3.63) is 60.1 Å². The minimum Gasteiger partial charge on any atom is -0.329 e. The molecule has 124 valence electrons. The smallest absolute Gasteiger partial charge is 0.323 e. The molecule has 0 saturated carbocycles. The number of nitrogens with one attached hydrogen (secondary N) is 3. The first-order valence-corrected chi connectivity index (χ1v) is 8.30. The van der Waals surface area contributed by atoms with Gasteiger partial charge in [0.25, 0.3) is 0 Å². The molecule has 4 aromatic rings. The molecule has 0 aliphatic heterocycles. The first-order chi connectivity index (χ1) is 11.3. The van der Waals surface area contributed by atoms with Gasteiger partial charge in [-0.15, -0.1) is 0 Å². The van der Waals surface area contributed by atoms with E-state index in [2.05, 4.69) is 19.9 Å². The molecule has 10 heteroatoms. The lowest BCUT2D eigenvalue weighted by molar-refractivity contribution is 1.22. The molecule has 2 aromatic heterocycles. The lowest BCUT2D eigenvalue weighted by atomic mass is 10.3. The molecule has 4 rings (SSSR count). The monoisotopic (exact) mass is 422 g/mol. The summed E-state index contributed by atoms with van der Waals surface area (Å²) in [4.78, 5) is 22.8. The summed E-state index contributed by atoms with van der Waals surface area (Å²) in [5, 5.41) is 2.17. The summed E-state index contributed by atoms with van der Waals surface area (Å²) in [5.74, 6) is 0. The lowest BCUT2D eigenvalue weighted by Crippen LogP contribution is -1.99. The van der Waals surface area contributed by atoms with Gasteiger partial charge in [0.15, 0.2) is 0 Å². The van der Waals surface area contributed by atoms with Crippen molar-refractivity contribution >= 4 is 80.1 Å². The minimum absolute atomic E-state index is 0.261. The van der Waals surface area contributed by atoms with Crippen LogP contribution in [0.5, 0.6) is 0 Å². The van der Waals surface area contributed by atoms with Gasteiger partial charge in [-0.05, 0) is 35.9 Å². The number of imidazole rings is 2. The molecular weight excluding hydrogens is 417 g/mol. The topological polar surface area (TPSA) is 77.3 Å². The Morgan fingerprint density at radius 1 is 0.667 bits per heavy atom. The number of H-pyrrole nitrogens is 3. The summed E-state index contributed by atoms with van der Waals surface area (Å²) >= 11 is 28.6. The summed E-state index contributed by atoms with van der Waals surface area (Å²) in [6, 6.07) is 6.58. The van der Waals surface area contributed by atoms with E-state index in [1.54, 1.807) is 24.3 Å². The van der Waals surface area contributed by atoms with Crippen LogP contribution in [-0.4, -0.2) is 19.9 Å². The average molecular weight is 425 g/mol. The van der Waals surface area contributed by atoms with Gasteiger partial charge < -0.3 is 15.0 Å². The Bertz CT molecular complexity index is 1020. The average Bonchev–Trinajstić information content (AvgIpc) is 3.01. The third-order valence-corrected chi connectivity index (χ3v) is 4.68. The molecule has 2 aromatic carbocycles. The Morgan fingerprint density at radius 3 is 1.67 bits per heavy atom. The van der Waals surface area contributed by atoms with E-state index < -0.39 is 0 Å². The summed E-state index contributed by atoms with van der Waals surface area (Å²) < 4.78 is 0. The number of hydrogen-bond acceptors (Lipinski definition) is 2. The fourth-order valence-electron chi connectivity index (χ4n) is 2.00. The second-order valence-corrected chi connectivity index (χ2v) is 6.69. The van der Waals surface area contributed by atoms with Crippen LogP contribution in [0.15, 0.2) is 29.1 Å². The molecule has 24 heavy (non-hydrogen) atoms. The first kappa shape index (κ1) is 17.5. The number of benzene rings is 2. The second-order valence-electron chi connectivity index (χ2n) is 4.70. The molecular formula is C14H7Cl5N4O. The third-order valence-electron chi connectivity index (χ3n) is 3.05. The third kappa shape index (κ3) is 3.66. The van der Waals surface area contributed by atoms with Gasteiger partial charge in [-0.3, -0.25) is 0 Å². The predicted molar refractivity (Wildman–Crippen MR) is 100 cm³/mol. The Labute approximate surface area is 159 Å². The Balaban J connectivity index is 0.000000141. The van der Waals surface area contributed by atoms with Crippen molar-refractivity contribution in [3.8, 4) is 0 Å². The van der Waals surface area contributed by atoms with Crippen LogP contribution in [0.2, 0.25) is 25.4 Å². The van der Waals surface area contributed by atoms with Crippen LogP contribution in [-0.2, 0) is 0 Å². The zero-order valence-electron chi connectivity index (χ0n) is 11.6. The lowest BCUT2D eigenvalue weighted by Gasteiger charge is -1.93. The maximum atomic E-state index is 10.8. The molecule has 0 unspecified atom stereocenters. The maximum Gasteiger partial charge on any atom is 0.323 e. The Morgan fingerprint density at radius 2 is 1.12 bits per heavy atom. The van der Waals surface area contributed by atoms with Crippen molar-refractivity contribution in [3.63, 3.8) is 0 Å². The Kier molecular flexibility index (Phi) is 4.99. The molecule has 2 heterocycles. The van der Waals surface area contributed by atoms with Crippen LogP contribution in [0.25, 0.3) is 22.1 Å². The zero-order chi connectivity index (χ0) is 17.4. The number of rotatable bonds is 0. The highest BCUT2D eigenvalue weighted by Crippen LogP contribution is 2.27. The number of hydrogen-bond donors (Lipinski definition) is 3. The fourth-order valence-corrected chi connectivity index (χ4v) is 2.85. The molecule has 0 aliphatic carbocycles. The van der Waals surface area contributed by atoms with Crippen molar-refractivity contribution in [2.75, 3.05) is 0 Å². The first-order valence-electron chi connectivity index (χ1n) is 6.41. The van der Waals surface area contributed by atoms with E-state index in [4.69, 9.17) is 58.0 Å². The van der Waals surface area contributed by atoms with Crippen LogP contribution >= 0.6 is 58.0 Å². The van der Waals surface area contributed by atoms with E-state index in [-0.39, 0.29) is 5.69 Å². The number of nitrogens with zero attached hydrogens (tertiary/aromatic N) is 1. The SMILES string of the molecule is Clc1nc2cc(Cl)c(Cl)cc2[nH]1.O=c1[nH]c2cc(Cl)c(Cl)cc2[nH]1. The fraction of sp³-hybridized carbons (Fsp3) is 0. The van der Waals surface area contributed by atoms with Crippen molar-refractivity contribution in [2.45, 2.75) is 0 Å². The number of aromatic nitrogens is 4. The summed E-state index contributed by atoms with van der Waals surface area (Å²) in [5.41, 5.74) is 2.57. The van der Waals surface area contributed by atoms with Crippen LogP contribution in [0, 0.1) is 0 Å². The molecule has 0 spiro atoms. The van der Waals surface area contributed by atoms with Gasteiger partial charge in [0, 0.05) is 0 Å². The number of aromatic amines is 3. The Hall–Kier alpha value is -1.37. The van der Waals surface area contributed by atoms with Gasteiger partial charge in [0.1, 0.15) is 0 Å². The molecule has 0 aliphatic rings. The van der Waals surface area contributed by atoms with Crippen molar-refractivity contribution in [1.82, 2.24) is 19.9 Å². The van der Waals surface area contributed by atoms with E-state index >= 15 is 0 Å². The van der Waals surface area contributed by atoms with Gasteiger partial charge in [-0.2, -0.15) is 0 Å². The van der Waals surface area contributed by atoms with Gasteiger partial charge in [0.05, 0.1) is 42.2 Å². The van der Waals surface area contributed by atoms with Gasteiger partial charge in [-0.25, -0.2) is 9.78 Å². The summed E-state index contributed by atoms with van der Waals surface area (Å²) in [6.45, 7) is 0. The highest BCUT2D eigenvalue weighted by Gasteiger charge is 2.04. The standard InChI is InChI=1S/C7H3Cl3N2.C7H4Cl2N2O/c8-3-1-5-6(2-4(3)9)12-7(10)11-5;8-3-1-5-6(2-4(3)9)11-7(12)10-5/h1-2H,(H,11,12);1-2H,(H2,10,11,12). The summed E-state index contributed by atoms with van der Waals surface area (Å²) in [7, 11) is 0. The van der Waals surface area contributed by atoms with E-state index in [0.717, 1.165) is 11.0 Å². The zero-order valence-corrected chi connectivity index (χ0v) is 15.3. The van der Waals surface area contributed by atoms with E-state index in [0.29, 0.717) is 36.4 Å². The highest BCUT2D eigenvalue weighted by molar-refractivity contribution is 6.43. The molecule has 0 radical (unpaired) electrons. The normalized spacial score (nSPS) is 10.9. The molecule has 5 nitrogen and oxygen atoms in total. The molecule has 0 fully saturated rings. The quantitative estimate of drug-likeness (QED) is 0.339. The van der Waals surface area contributed by atoms with Crippen molar-refractivity contribution in [2.24, 2.45) is 0 Å². The molecule has 3 N–H and O–H groups in total. The molecule has 0 saturated heterocycles. The molecule has 0 atom stereocenters. The minimum atomic E-state index is -0.261. The summed E-state index contributed by atoms with van der Waals surface area (Å²) in [6.07, 6.45) is 0. The van der Waals surface area contributed by atoms with Crippen molar-refractivity contribution < 1.29 is 0 Å². The maximum absolute atomic E-state index is 10.8. The number of halogens is 5. The van der Waals surface area contributed by atoms with Gasteiger partial charge in [0.2, 0.25) is 5.28 Å². The van der Waals surface area contributed by atoms with Crippen LogP contribution < -0.4 is 5.69 Å². The van der Waals surface area contributed by atoms with Crippen LogP contribution in [0.4, 0.5) is 0 Å². The van der Waals surface area contributed by atoms with E-state index in [1.165, 1.54) is 0 Å². The highest BCUT2D eigenvalue weighted by atomic mass is 35.5. The predicted octanol–water partition coefficient (Wildman–Crippen LogP) is 5.69. The van der Waals surface area contributed by atoms with Crippen molar-refractivity contribution in [1.29, 1.82) is 0 Å². The second kappa shape index (κ2) is 6.86. The molecule has 0 amide bonds. The van der Waals surface area contributed by atoms with E-state index in [1.807, 2.05) is 0 Å². The van der Waals surface area contributed by atoms with Crippen LogP contribution in [0.1, 0.15) is 0 Å². The largest absolute Gasteiger partial charge is 0.329 e. The van der Waals surface area contributed by atoms with E-state index in [9.17, 15) is 4.79 Å².